The lowest BCUT2D eigenvalue weighted by Crippen LogP contribution is -2.05. The van der Waals surface area contributed by atoms with Crippen molar-refractivity contribution in [2.45, 2.75) is 13.1 Å². The van der Waals surface area contributed by atoms with Gasteiger partial charge in [-0.05, 0) is 48.5 Å². The third kappa shape index (κ3) is 3.51. The second-order valence-electron chi connectivity index (χ2n) is 6.19. The van der Waals surface area contributed by atoms with E-state index in [9.17, 15) is 18.1 Å². The van der Waals surface area contributed by atoms with E-state index < -0.39 is 11.7 Å². The van der Waals surface area contributed by atoms with Gasteiger partial charge in [-0.3, -0.25) is 9.55 Å². The molecule has 0 saturated heterocycles. The molecular weight excluding hydrogens is 385 g/mol. The molecule has 0 saturated carbocycles. The monoisotopic (exact) mass is 398 g/mol. The first-order valence-electron chi connectivity index (χ1n) is 8.45. The molecule has 0 unspecified atom stereocenters. The summed E-state index contributed by atoms with van der Waals surface area (Å²) in [5, 5.41) is 5.92. The van der Waals surface area contributed by atoms with Gasteiger partial charge in [0, 0.05) is 5.69 Å². The van der Waals surface area contributed by atoms with E-state index in [-0.39, 0.29) is 5.69 Å². The summed E-state index contributed by atoms with van der Waals surface area (Å²) in [6.07, 6.45) is -1.42. The van der Waals surface area contributed by atoms with E-state index in [1.807, 2.05) is 0 Å². The predicted octanol–water partition coefficient (Wildman–Crippen LogP) is 5.28. The highest BCUT2D eigenvalue weighted by Gasteiger charge is 2.29. The number of halogens is 3. The number of hydrogen-bond donors (Lipinski definition) is 1. The number of para-hydroxylation sites is 1. The third-order valence-corrected chi connectivity index (χ3v) is 4.27. The van der Waals surface area contributed by atoms with E-state index in [0.717, 1.165) is 12.1 Å². The van der Waals surface area contributed by atoms with Crippen LogP contribution >= 0.6 is 0 Å². The van der Waals surface area contributed by atoms with Gasteiger partial charge in [-0.15, -0.1) is 4.91 Å². The number of alkyl halides is 3. The highest BCUT2D eigenvalue weighted by Crippen LogP contribution is 2.31. The van der Waals surface area contributed by atoms with E-state index in [2.05, 4.69) is 25.4 Å². The van der Waals surface area contributed by atoms with Gasteiger partial charge in [0.15, 0.2) is 11.6 Å². The molecule has 1 N–H and O–H groups in total. The Labute approximate surface area is 162 Å². The van der Waals surface area contributed by atoms with Crippen molar-refractivity contribution in [3.63, 3.8) is 0 Å². The molecule has 4 rings (SSSR count). The van der Waals surface area contributed by atoms with Crippen LogP contribution in [0.15, 0.2) is 60.0 Å². The minimum atomic E-state index is -4.40. The van der Waals surface area contributed by atoms with Crippen molar-refractivity contribution in [3.05, 3.63) is 71.2 Å². The number of fused-ring (bicyclic) bond motifs is 1. The Bertz CT molecular complexity index is 1200. The second-order valence-corrected chi connectivity index (χ2v) is 6.19. The first-order valence-corrected chi connectivity index (χ1v) is 8.45. The highest BCUT2D eigenvalue weighted by atomic mass is 19.4. The number of benzene rings is 2. The van der Waals surface area contributed by atoms with Crippen LogP contribution in [0.3, 0.4) is 0 Å². The van der Waals surface area contributed by atoms with Crippen molar-refractivity contribution in [3.8, 4) is 5.82 Å². The molecule has 2 aromatic heterocycles. The third-order valence-electron chi connectivity index (χ3n) is 4.27. The average molecular weight is 398 g/mol. The van der Waals surface area contributed by atoms with Crippen molar-refractivity contribution >= 4 is 28.2 Å². The van der Waals surface area contributed by atoms with Gasteiger partial charge >= 0.3 is 6.18 Å². The molecule has 0 spiro atoms. The Kier molecular flexibility index (Phi) is 4.45. The van der Waals surface area contributed by atoms with E-state index in [1.54, 1.807) is 29.7 Å². The Morgan fingerprint density at radius 1 is 1.03 bits per heavy atom. The fourth-order valence-electron chi connectivity index (χ4n) is 2.98. The summed E-state index contributed by atoms with van der Waals surface area (Å²) in [5.74, 6) is 1.36. The molecule has 0 atom stereocenters. The van der Waals surface area contributed by atoms with Gasteiger partial charge in [0.2, 0.25) is 0 Å². The highest BCUT2D eigenvalue weighted by molar-refractivity contribution is 5.88. The molecule has 0 aliphatic rings. The normalized spacial score (nSPS) is 11.6. The number of nitroso groups, excluding NO2 is 1. The number of nitrogens with zero attached hydrogens (tertiary/aromatic N) is 5. The molecule has 0 bridgehead atoms. The van der Waals surface area contributed by atoms with Crippen LogP contribution in [0.25, 0.3) is 16.9 Å². The summed E-state index contributed by atoms with van der Waals surface area (Å²) in [7, 11) is 0. The van der Waals surface area contributed by atoms with Crippen molar-refractivity contribution < 1.29 is 13.2 Å². The van der Waals surface area contributed by atoms with Crippen LogP contribution in [0.1, 0.15) is 11.4 Å². The number of aromatic nitrogens is 4. The van der Waals surface area contributed by atoms with E-state index >= 15 is 0 Å². The lowest BCUT2D eigenvalue weighted by Gasteiger charge is -2.11. The zero-order chi connectivity index (χ0) is 20.6. The van der Waals surface area contributed by atoms with Crippen LogP contribution in [0.2, 0.25) is 0 Å². The molecule has 2 aromatic carbocycles. The fourth-order valence-corrected chi connectivity index (χ4v) is 2.98. The molecule has 7 nitrogen and oxygen atoms in total. The summed E-state index contributed by atoms with van der Waals surface area (Å²) in [6.45, 7) is 1.76. The maximum Gasteiger partial charge on any atom is 0.416 e. The lowest BCUT2D eigenvalue weighted by molar-refractivity contribution is -0.137. The van der Waals surface area contributed by atoms with E-state index in [0.29, 0.717) is 34.2 Å². The largest absolute Gasteiger partial charge is 0.416 e. The minimum absolute atomic E-state index is 0.219. The smallest absolute Gasteiger partial charge is 0.339 e. The Balaban J connectivity index is 1.69. The molecule has 146 valence electrons. The summed E-state index contributed by atoms with van der Waals surface area (Å²) >= 11 is 0. The van der Waals surface area contributed by atoms with E-state index in [1.165, 1.54) is 24.5 Å². The summed E-state index contributed by atoms with van der Waals surface area (Å²) in [4.78, 5) is 24.0. The summed E-state index contributed by atoms with van der Waals surface area (Å²) in [6, 6.07) is 9.65. The van der Waals surface area contributed by atoms with Crippen LogP contribution in [0.5, 0.6) is 0 Å². The number of anilines is 2. The maximum atomic E-state index is 12.7. The molecule has 2 heterocycles. The standard InChI is InChI=1S/C19H13F3N6O/c1-11-24-18-14(27-29)3-2-4-15(18)28(11)17-10-23-9-16(26-17)25-13-7-5-12(6-8-13)19(20,21)22/h2-10H,1H3,(H,25,26). The van der Waals surface area contributed by atoms with Gasteiger partial charge in [-0.2, -0.15) is 13.2 Å². The number of hydrogen-bond acceptors (Lipinski definition) is 6. The SMILES string of the molecule is Cc1nc2c(N=O)cccc2n1-c1cncc(Nc2ccc(C(F)(F)F)cc2)n1. The first kappa shape index (κ1) is 18.5. The second kappa shape index (κ2) is 6.97. The summed E-state index contributed by atoms with van der Waals surface area (Å²) < 4.78 is 39.8. The number of rotatable bonds is 4. The molecule has 0 aliphatic heterocycles. The van der Waals surface area contributed by atoms with Crippen LogP contribution < -0.4 is 5.32 Å². The molecule has 4 aromatic rings. The molecule has 0 amide bonds. The summed E-state index contributed by atoms with van der Waals surface area (Å²) in [5.41, 5.74) is 1.01. The number of aryl methyl sites for hydroxylation is 1. The van der Waals surface area contributed by atoms with Gasteiger partial charge in [0.1, 0.15) is 17.0 Å². The minimum Gasteiger partial charge on any atom is -0.339 e. The fraction of sp³-hybridized carbons (Fsp3) is 0.105. The zero-order valence-corrected chi connectivity index (χ0v) is 15.0. The lowest BCUT2D eigenvalue weighted by atomic mass is 10.2. The van der Waals surface area contributed by atoms with Gasteiger partial charge in [0.05, 0.1) is 23.5 Å². The quantitative estimate of drug-likeness (QED) is 0.473. The zero-order valence-electron chi connectivity index (χ0n) is 15.0. The van der Waals surface area contributed by atoms with E-state index in [4.69, 9.17) is 0 Å². The van der Waals surface area contributed by atoms with Crippen molar-refractivity contribution in [1.82, 2.24) is 19.5 Å². The number of nitrogens with one attached hydrogen (secondary N) is 1. The maximum absolute atomic E-state index is 12.7. The van der Waals surface area contributed by atoms with Gasteiger partial charge in [-0.25, -0.2) is 9.97 Å². The molecule has 0 fully saturated rings. The van der Waals surface area contributed by atoms with Crippen LogP contribution in [0, 0.1) is 11.8 Å². The molecule has 0 aliphatic carbocycles. The topological polar surface area (TPSA) is 85.1 Å². The average Bonchev–Trinajstić information content (AvgIpc) is 3.03. The van der Waals surface area contributed by atoms with Crippen molar-refractivity contribution in [2.24, 2.45) is 5.18 Å². The Morgan fingerprint density at radius 2 is 1.79 bits per heavy atom. The number of imidazole rings is 1. The van der Waals surface area contributed by atoms with Crippen LogP contribution in [-0.4, -0.2) is 19.5 Å². The Morgan fingerprint density at radius 3 is 2.48 bits per heavy atom. The molecule has 0 radical (unpaired) electrons. The van der Waals surface area contributed by atoms with Crippen molar-refractivity contribution in [2.75, 3.05) is 5.32 Å². The van der Waals surface area contributed by atoms with Crippen LogP contribution in [-0.2, 0) is 6.18 Å². The molecule has 10 heteroatoms. The first-order chi connectivity index (χ1) is 13.9. The van der Waals surface area contributed by atoms with Gasteiger partial charge in [-0.1, -0.05) is 6.07 Å². The van der Waals surface area contributed by atoms with Gasteiger partial charge < -0.3 is 5.32 Å². The van der Waals surface area contributed by atoms with Crippen LogP contribution in [0.4, 0.5) is 30.4 Å². The molecule has 29 heavy (non-hydrogen) atoms. The predicted molar refractivity (Wildman–Crippen MR) is 102 cm³/mol. The Hall–Kier alpha value is -3.82. The molecular formula is C19H13F3N6O. The van der Waals surface area contributed by atoms with Crippen molar-refractivity contribution in [1.29, 1.82) is 0 Å². The van der Waals surface area contributed by atoms with Gasteiger partial charge in [0.25, 0.3) is 0 Å².